The Morgan fingerprint density at radius 3 is 2.93 bits per heavy atom. The van der Waals surface area contributed by atoms with Crippen LogP contribution in [0, 0.1) is 0 Å². The van der Waals surface area contributed by atoms with E-state index < -0.39 is 12.6 Å². The lowest BCUT2D eigenvalue weighted by molar-refractivity contribution is -0.131. The Bertz CT molecular complexity index is 383. The van der Waals surface area contributed by atoms with Crippen molar-refractivity contribution in [2.75, 3.05) is 6.61 Å². The molecule has 82 valence electrons. The third kappa shape index (κ3) is 2.57. The number of carbonyl (C=O) groups excluding carboxylic acids is 1. The van der Waals surface area contributed by atoms with Crippen LogP contribution in [-0.4, -0.2) is 32.3 Å². The molecule has 1 heterocycles. The van der Waals surface area contributed by atoms with Crippen LogP contribution in [0.15, 0.2) is 18.3 Å². The highest BCUT2D eigenvalue weighted by Gasteiger charge is 2.14. The molecule has 2 N–H and O–H groups in total. The number of carbonyl (C=O) groups is 1. The molecule has 0 fully saturated rings. The molecule has 0 bridgehead atoms. The van der Waals surface area contributed by atoms with Crippen LogP contribution < -0.4 is 4.74 Å². The van der Waals surface area contributed by atoms with Gasteiger partial charge in [0.05, 0.1) is 18.4 Å². The molecule has 0 atom stereocenters. The second kappa shape index (κ2) is 4.61. The highest BCUT2D eigenvalue weighted by atomic mass is 16.6. The molecule has 0 unspecified atom stereocenters. The fraction of sp³-hybridized carbons (Fsp3) is 0.333. The van der Waals surface area contributed by atoms with Crippen molar-refractivity contribution in [2.45, 2.75) is 13.5 Å². The van der Waals surface area contributed by atoms with Crippen molar-refractivity contribution in [3.05, 3.63) is 18.3 Å². The van der Waals surface area contributed by atoms with E-state index in [1.807, 2.05) is 0 Å². The van der Waals surface area contributed by atoms with E-state index in [4.69, 9.17) is 14.9 Å². The molecule has 0 saturated heterocycles. The summed E-state index contributed by atoms with van der Waals surface area (Å²) in [5.41, 5.74) is -0.0693. The Balaban J connectivity index is 2.80. The van der Waals surface area contributed by atoms with Gasteiger partial charge in [0.15, 0.2) is 0 Å². The Morgan fingerprint density at radius 1 is 1.73 bits per heavy atom. The topological polar surface area (TPSA) is 84.6 Å². The number of aryl methyl sites for hydroxylation is 1. The molecule has 6 nitrogen and oxygen atoms in total. The Morgan fingerprint density at radius 2 is 2.40 bits per heavy atom. The van der Waals surface area contributed by atoms with Crippen molar-refractivity contribution >= 4 is 5.97 Å². The molecule has 0 amide bonds. The van der Waals surface area contributed by atoms with Gasteiger partial charge in [0, 0.05) is 6.54 Å². The molecule has 1 aromatic heterocycles. The van der Waals surface area contributed by atoms with Crippen LogP contribution in [-0.2, 0) is 11.3 Å². The number of aromatic hydroxyl groups is 1. The van der Waals surface area contributed by atoms with Crippen molar-refractivity contribution in [1.29, 1.82) is 0 Å². The molecule has 0 aromatic carbocycles. The quantitative estimate of drug-likeness (QED) is 0.544. The summed E-state index contributed by atoms with van der Waals surface area (Å²) in [5, 5.41) is 17.7. The Labute approximate surface area is 86.4 Å². The maximum absolute atomic E-state index is 11.2. The first kappa shape index (κ1) is 11.3. The summed E-state index contributed by atoms with van der Waals surface area (Å²) in [6.45, 7) is 5.14. The van der Waals surface area contributed by atoms with E-state index in [0.717, 1.165) is 0 Å². The number of hydrogen-bond donors (Lipinski definition) is 2. The minimum absolute atomic E-state index is 0.0189. The van der Waals surface area contributed by atoms with Gasteiger partial charge >= 0.3 is 12.0 Å². The van der Waals surface area contributed by atoms with Gasteiger partial charge in [0.2, 0.25) is 5.88 Å². The predicted molar refractivity (Wildman–Crippen MR) is 51.4 cm³/mol. The second-order valence-electron chi connectivity index (χ2n) is 2.82. The van der Waals surface area contributed by atoms with E-state index in [2.05, 4.69) is 11.6 Å². The molecule has 0 aliphatic rings. The number of aliphatic hydroxyl groups is 1. The van der Waals surface area contributed by atoms with Gasteiger partial charge in [-0.2, -0.15) is 4.98 Å². The number of esters is 1. The van der Waals surface area contributed by atoms with Crippen LogP contribution in [0.25, 0.3) is 0 Å². The van der Waals surface area contributed by atoms with E-state index in [0.29, 0.717) is 6.54 Å². The summed E-state index contributed by atoms with van der Waals surface area (Å²) in [5.74, 6) is -0.993. The molecule has 0 saturated carbocycles. The fourth-order valence-corrected chi connectivity index (χ4v) is 0.913. The number of imidazole rings is 1. The number of aliphatic hydroxyl groups excluding tert-OH is 1. The summed E-state index contributed by atoms with van der Waals surface area (Å²) < 4.78 is 6.26. The number of nitrogens with zero attached hydrogens (tertiary/aromatic N) is 2. The van der Waals surface area contributed by atoms with Crippen molar-refractivity contribution in [1.82, 2.24) is 9.55 Å². The van der Waals surface area contributed by atoms with Gasteiger partial charge in [-0.15, -0.1) is 0 Å². The molecule has 0 spiro atoms. The highest BCUT2D eigenvalue weighted by molar-refractivity contribution is 5.89. The lowest BCUT2D eigenvalue weighted by atomic mass is 10.3. The van der Waals surface area contributed by atoms with E-state index in [-0.39, 0.29) is 17.5 Å². The zero-order valence-electron chi connectivity index (χ0n) is 8.30. The molecular weight excluding hydrogens is 200 g/mol. The summed E-state index contributed by atoms with van der Waals surface area (Å²) in [6, 6.07) is -0.0189. The molecular formula is C9H12N2O4. The third-order valence-electron chi connectivity index (χ3n) is 1.73. The lowest BCUT2D eigenvalue weighted by Gasteiger charge is -2.04. The molecule has 6 heteroatoms. The standard InChI is InChI=1S/C9H12N2O4/c1-3-11-4-7(13)10-9(11)15-8(14)6(2)5-12/h4,12-13H,2-3,5H2,1H3. The number of ether oxygens (including phenoxy) is 1. The molecule has 0 radical (unpaired) electrons. The van der Waals surface area contributed by atoms with Crippen molar-refractivity contribution in [2.24, 2.45) is 0 Å². The smallest absolute Gasteiger partial charge is 0.343 e. The average molecular weight is 212 g/mol. The van der Waals surface area contributed by atoms with Crippen LogP contribution in [0.1, 0.15) is 6.92 Å². The summed E-state index contributed by atoms with van der Waals surface area (Å²) in [4.78, 5) is 14.8. The normalized spacial score (nSPS) is 10.0. The number of hydrogen-bond acceptors (Lipinski definition) is 5. The number of aromatic nitrogens is 2. The molecule has 0 aliphatic heterocycles. The van der Waals surface area contributed by atoms with Gasteiger partial charge < -0.3 is 14.9 Å². The minimum atomic E-state index is -0.766. The van der Waals surface area contributed by atoms with Crippen molar-refractivity contribution < 1.29 is 19.7 Å². The number of rotatable bonds is 4. The van der Waals surface area contributed by atoms with Crippen LogP contribution in [0.5, 0.6) is 11.9 Å². The molecule has 15 heavy (non-hydrogen) atoms. The van der Waals surface area contributed by atoms with Crippen LogP contribution in [0.3, 0.4) is 0 Å². The third-order valence-corrected chi connectivity index (χ3v) is 1.73. The van der Waals surface area contributed by atoms with E-state index in [1.54, 1.807) is 6.92 Å². The predicted octanol–water partition coefficient (Wildman–Crippen LogP) is 0.0625. The minimum Gasteiger partial charge on any atom is -0.492 e. The van der Waals surface area contributed by atoms with Gasteiger partial charge in [0.1, 0.15) is 0 Å². The maximum atomic E-state index is 11.2. The largest absolute Gasteiger partial charge is 0.492 e. The summed E-state index contributed by atoms with van der Waals surface area (Å²) in [7, 11) is 0. The van der Waals surface area contributed by atoms with Gasteiger partial charge in [-0.05, 0) is 6.92 Å². The van der Waals surface area contributed by atoms with Gasteiger partial charge in [-0.25, -0.2) is 4.79 Å². The molecule has 1 aromatic rings. The Hall–Kier alpha value is -1.82. The van der Waals surface area contributed by atoms with Crippen molar-refractivity contribution in [3.8, 4) is 11.9 Å². The molecule has 0 aliphatic carbocycles. The van der Waals surface area contributed by atoms with Crippen LogP contribution >= 0.6 is 0 Å². The first-order chi connectivity index (χ1) is 7.08. The van der Waals surface area contributed by atoms with Crippen molar-refractivity contribution in [3.63, 3.8) is 0 Å². The summed E-state index contributed by atoms with van der Waals surface area (Å²) >= 11 is 0. The first-order valence-electron chi connectivity index (χ1n) is 4.35. The Kier molecular flexibility index (Phi) is 3.46. The summed E-state index contributed by atoms with van der Waals surface area (Å²) in [6.07, 6.45) is 1.34. The lowest BCUT2D eigenvalue weighted by Crippen LogP contribution is -2.15. The van der Waals surface area contributed by atoms with Gasteiger partial charge in [0.25, 0.3) is 0 Å². The molecule has 1 rings (SSSR count). The zero-order valence-corrected chi connectivity index (χ0v) is 8.30. The van der Waals surface area contributed by atoms with Gasteiger partial charge in [-0.3, -0.25) is 4.57 Å². The van der Waals surface area contributed by atoms with E-state index in [1.165, 1.54) is 10.8 Å². The first-order valence-corrected chi connectivity index (χ1v) is 4.35. The average Bonchev–Trinajstić information content (AvgIpc) is 2.57. The SMILES string of the molecule is C=C(CO)C(=O)Oc1nc(O)cn1CC. The van der Waals surface area contributed by atoms with Gasteiger partial charge in [-0.1, -0.05) is 6.58 Å². The van der Waals surface area contributed by atoms with Crippen LogP contribution in [0.2, 0.25) is 0 Å². The van der Waals surface area contributed by atoms with E-state index >= 15 is 0 Å². The zero-order chi connectivity index (χ0) is 11.4. The maximum Gasteiger partial charge on any atom is 0.343 e. The van der Waals surface area contributed by atoms with E-state index in [9.17, 15) is 4.79 Å². The van der Waals surface area contributed by atoms with Crippen LogP contribution in [0.4, 0.5) is 0 Å². The fourth-order valence-electron chi connectivity index (χ4n) is 0.913. The second-order valence-corrected chi connectivity index (χ2v) is 2.82. The highest BCUT2D eigenvalue weighted by Crippen LogP contribution is 2.16. The monoisotopic (exact) mass is 212 g/mol.